The Bertz CT molecular complexity index is 482. The molecule has 0 bridgehead atoms. The van der Waals surface area contributed by atoms with E-state index < -0.39 is 0 Å². The van der Waals surface area contributed by atoms with Crippen LogP contribution in [0.4, 0.5) is 5.13 Å². The summed E-state index contributed by atoms with van der Waals surface area (Å²) in [6.07, 6.45) is 2.08. The van der Waals surface area contributed by atoms with Crippen molar-refractivity contribution in [1.29, 1.82) is 0 Å². The normalized spacial score (nSPS) is 15.2. The summed E-state index contributed by atoms with van der Waals surface area (Å²) in [6.45, 7) is 0.273. The van der Waals surface area contributed by atoms with Crippen molar-refractivity contribution in [1.82, 2.24) is 4.98 Å². The van der Waals surface area contributed by atoms with Gasteiger partial charge >= 0.3 is 0 Å². The maximum absolute atomic E-state index is 11.4. The molecule has 2 rings (SSSR count). The molecule has 1 aromatic heterocycles. The highest BCUT2D eigenvalue weighted by Gasteiger charge is 2.32. The lowest BCUT2D eigenvalue weighted by atomic mass is 10.4. The van der Waals surface area contributed by atoms with Crippen molar-refractivity contribution >= 4 is 28.3 Å². The first-order chi connectivity index (χ1) is 7.72. The molecule has 0 unspecified atom stereocenters. The van der Waals surface area contributed by atoms with Crippen LogP contribution in [-0.2, 0) is 9.59 Å². The van der Waals surface area contributed by atoms with Gasteiger partial charge in [-0.25, -0.2) is 9.88 Å². The fourth-order valence-corrected chi connectivity index (χ4v) is 2.18. The lowest BCUT2D eigenvalue weighted by Crippen LogP contribution is -2.28. The minimum absolute atomic E-state index is 0.197. The van der Waals surface area contributed by atoms with E-state index in [4.69, 9.17) is 5.73 Å². The molecule has 82 valence electrons. The fourth-order valence-electron chi connectivity index (χ4n) is 1.35. The SMILES string of the molecule is NCC#Cc1cnc(N2C(=O)CCC2=O)s1. The minimum Gasteiger partial charge on any atom is -0.320 e. The number of nitrogens with two attached hydrogens (primary N) is 1. The molecule has 2 N–H and O–H groups in total. The van der Waals surface area contributed by atoms with Gasteiger partial charge in [-0.1, -0.05) is 23.2 Å². The number of rotatable bonds is 1. The van der Waals surface area contributed by atoms with Crippen LogP contribution in [0, 0.1) is 11.8 Å². The molecule has 2 heterocycles. The number of nitrogens with zero attached hydrogens (tertiary/aromatic N) is 2. The molecule has 6 heteroatoms. The average molecular weight is 235 g/mol. The van der Waals surface area contributed by atoms with E-state index in [2.05, 4.69) is 16.8 Å². The van der Waals surface area contributed by atoms with E-state index in [1.54, 1.807) is 6.20 Å². The molecule has 1 fully saturated rings. The van der Waals surface area contributed by atoms with Gasteiger partial charge in [0.15, 0.2) is 5.13 Å². The van der Waals surface area contributed by atoms with Gasteiger partial charge in [0, 0.05) is 12.8 Å². The van der Waals surface area contributed by atoms with Crippen LogP contribution in [0.1, 0.15) is 17.7 Å². The first kappa shape index (κ1) is 10.8. The molecule has 1 aromatic rings. The van der Waals surface area contributed by atoms with E-state index in [0.29, 0.717) is 10.0 Å². The van der Waals surface area contributed by atoms with Gasteiger partial charge in [-0.3, -0.25) is 9.59 Å². The summed E-state index contributed by atoms with van der Waals surface area (Å²) in [4.78, 5) is 28.7. The number of hydrogen-bond acceptors (Lipinski definition) is 5. The zero-order valence-corrected chi connectivity index (χ0v) is 9.21. The Morgan fingerprint density at radius 2 is 2.12 bits per heavy atom. The molecule has 0 radical (unpaired) electrons. The molecular weight excluding hydrogens is 226 g/mol. The zero-order valence-electron chi connectivity index (χ0n) is 8.40. The van der Waals surface area contributed by atoms with Gasteiger partial charge in [-0.2, -0.15) is 0 Å². The maximum atomic E-state index is 11.4. The van der Waals surface area contributed by atoms with E-state index in [0.717, 1.165) is 4.90 Å². The van der Waals surface area contributed by atoms with Crippen LogP contribution in [0.5, 0.6) is 0 Å². The number of carbonyl (C=O) groups excluding carboxylic acids is 2. The van der Waals surface area contributed by atoms with Crippen LogP contribution >= 0.6 is 11.3 Å². The second-order valence-corrected chi connectivity index (χ2v) is 4.14. The quantitative estimate of drug-likeness (QED) is 0.553. The maximum Gasteiger partial charge on any atom is 0.236 e. The van der Waals surface area contributed by atoms with Crippen LogP contribution in [0.3, 0.4) is 0 Å². The smallest absolute Gasteiger partial charge is 0.236 e. The minimum atomic E-state index is -0.197. The highest BCUT2D eigenvalue weighted by Crippen LogP contribution is 2.26. The molecule has 0 aliphatic carbocycles. The molecule has 0 spiro atoms. The topological polar surface area (TPSA) is 76.3 Å². The Kier molecular flexibility index (Phi) is 2.99. The summed E-state index contributed by atoms with van der Waals surface area (Å²) in [5.74, 6) is 5.11. The Morgan fingerprint density at radius 1 is 1.44 bits per heavy atom. The van der Waals surface area contributed by atoms with Crippen molar-refractivity contribution in [2.45, 2.75) is 12.8 Å². The Labute approximate surface area is 96.3 Å². The first-order valence-corrected chi connectivity index (χ1v) is 5.54. The summed E-state index contributed by atoms with van der Waals surface area (Å²) in [7, 11) is 0. The number of carbonyl (C=O) groups is 2. The summed E-state index contributed by atoms with van der Waals surface area (Å²) >= 11 is 1.22. The van der Waals surface area contributed by atoms with Crippen LogP contribution in [0.2, 0.25) is 0 Å². The zero-order chi connectivity index (χ0) is 11.5. The molecular formula is C10H9N3O2S. The molecule has 16 heavy (non-hydrogen) atoms. The number of imide groups is 1. The summed E-state index contributed by atoms with van der Waals surface area (Å²) in [5.41, 5.74) is 5.24. The highest BCUT2D eigenvalue weighted by atomic mass is 32.1. The van der Waals surface area contributed by atoms with E-state index in [-0.39, 0.29) is 31.2 Å². The fraction of sp³-hybridized carbons (Fsp3) is 0.300. The Balaban J connectivity index is 2.24. The van der Waals surface area contributed by atoms with Crippen LogP contribution in [0.25, 0.3) is 0 Å². The molecule has 1 saturated heterocycles. The van der Waals surface area contributed by atoms with Gasteiger partial charge in [0.2, 0.25) is 11.8 Å². The Morgan fingerprint density at radius 3 is 2.75 bits per heavy atom. The predicted molar refractivity (Wildman–Crippen MR) is 59.8 cm³/mol. The van der Waals surface area contributed by atoms with Gasteiger partial charge in [0.1, 0.15) is 0 Å². The average Bonchev–Trinajstić information content (AvgIpc) is 2.83. The standard InChI is InChI=1S/C10H9N3O2S/c11-5-1-2-7-6-12-10(16-7)13-8(14)3-4-9(13)15/h6H,3-5,11H2. The van der Waals surface area contributed by atoms with Gasteiger partial charge in [0.25, 0.3) is 0 Å². The molecule has 2 amide bonds. The van der Waals surface area contributed by atoms with Crippen LogP contribution in [-0.4, -0.2) is 23.3 Å². The van der Waals surface area contributed by atoms with Crippen molar-refractivity contribution in [3.8, 4) is 11.8 Å². The second kappa shape index (κ2) is 4.43. The number of anilines is 1. The van der Waals surface area contributed by atoms with Gasteiger partial charge < -0.3 is 5.73 Å². The first-order valence-electron chi connectivity index (χ1n) is 4.73. The van der Waals surface area contributed by atoms with E-state index in [9.17, 15) is 9.59 Å². The highest BCUT2D eigenvalue weighted by molar-refractivity contribution is 7.16. The van der Waals surface area contributed by atoms with Gasteiger partial charge in [-0.15, -0.1) is 0 Å². The summed E-state index contributed by atoms with van der Waals surface area (Å²) < 4.78 is 0. The van der Waals surface area contributed by atoms with Crippen molar-refractivity contribution < 1.29 is 9.59 Å². The number of thiazole rings is 1. The lowest BCUT2D eigenvalue weighted by molar-refractivity contribution is -0.121. The molecule has 1 aliphatic rings. The van der Waals surface area contributed by atoms with Gasteiger partial charge in [-0.05, 0) is 0 Å². The predicted octanol–water partition coefficient (Wildman–Crippen LogP) is 0.107. The number of hydrogen-bond donors (Lipinski definition) is 1. The monoisotopic (exact) mass is 235 g/mol. The molecule has 5 nitrogen and oxygen atoms in total. The summed E-state index contributed by atoms with van der Waals surface area (Å²) in [5, 5.41) is 0.397. The Hall–Kier alpha value is -1.71. The molecule has 0 atom stereocenters. The van der Waals surface area contributed by atoms with E-state index >= 15 is 0 Å². The lowest BCUT2D eigenvalue weighted by Gasteiger charge is -2.07. The third kappa shape index (κ3) is 1.96. The third-order valence-electron chi connectivity index (χ3n) is 2.05. The molecule has 0 aromatic carbocycles. The molecule has 0 saturated carbocycles. The van der Waals surface area contributed by atoms with Crippen LogP contribution in [0.15, 0.2) is 6.20 Å². The largest absolute Gasteiger partial charge is 0.320 e. The third-order valence-corrected chi connectivity index (χ3v) is 2.95. The van der Waals surface area contributed by atoms with E-state index in [1.807, 2.05) is 0 Å². The molecule has 1 aliphatic heterocycles. The van der Waals surface area contributed by atoms with Crippen LogP contribution < -0.4 is 10.6 Å². The summed E-state index contributed by atoms with van der Waals surface area (Å²) in [6, 6.07) is 0. The van der Waals surface area contributed by atoms with Crippen molar-refractivity contribution in [2.75, 3.05) is 11.4 Å². The number of amides is 2. The number of aromatic nitrogens is 1. The van der Waals surface area contributed by atoms with E-state index in [1.165, 1.54) is 11.3 Å². The second-order valence-electron chi connectivity index (χ2n) is 3.14. The van der Waals surface area contributed by atoms with Gasteiger partial charge in [0.05, 0.1) is 17.6 Å². The van der Waals surface area contributed by atoms with Crippen molar-refractivity contribution in [3.63, 3.8) is 0 Å². The van der Waals surface area contributed by atoms with Crippen molar-refractivity contribution in [3.05, 3.63) is 11.1 Å². The van der Waals surface area contributed by atoms with Crippen molar-refractivity contribution in [2.24, 2.45) is 5.73 Å².